The normalized spacial score (nSPS) is 10.1. The van der Waals surface area contributed by atoms with Crippen molar-refractivity contribution >= 4 is 23.1 Å². The van der Waals surface area contributed by atoms with Crippen LogP contribution in [0.15, 0.2) is 29.6 Å². The van der Waals surface area contributed by atoms with Gasteiger partial charge in [0.25, 0.3) is 5.91 Å². The number of rotatable bonds is 4. The highest BCUT2D eigenvalue weighted by Gasteiger charge is 2.07. The Hall–Kier alpha value is -1.95. The first-order valence-electron chi connectivity index (χ1n) is 5.15. The van der Waals surface area contributed by atoms with Crippen LogP contribution in [-0.2, 0) is 6.42 Å². The van der Waals surface area contributed by atoms with Gasteiger partial charge in [0.2, 0.25) is 0 Å². The van der Waals surface area contributed by atoms with Gasteiger partial charge in [0.15, 0.2) is 5.69 Å². The molecule has 0 fully saturated rings. The minimum atomic E-state index is -0.186. The zero-order valence-electron chi connectivity index (χ0n) is 9.09. The van der Waals surface area contributed by atoms with Crippen molar-refractivity contribution in [3.8, 4) is 0 Å². The maximum atomic E-state index is 11.5. The molecule has 0 aliphatic heterocycles. The molecule has 1 aromatic heterocycles. The third-order valence-corrected chi connectivity index (χ3v) is 2.78. The molecule has 0 atom stereocenters. The van der Waals surface area contributed by atoms with Gasteiger partial charge in [-0.05, 0) is 35.6 Å². The summed E-state index contributed by atoms with van der Waals surface area (Å²) < 4.78 is 3.64. The third kappa shape index (κ3) is 3.25. The SMILES string of the molecule is Nc1ccc(CCNC(=O)c2csnn2)cc1. The van der Waals surface area contributed by atoms with Gasteiger partial charge in [-0.15, -0.1) is 5.10 Å². The molecule has 3 N–H and O–H groups in total. The van der Waals surface area contributed by atoms with Crippen LogP contribution in [0.4, 0.5) is 5.69 Å². The molecule has 88 valence electrons. The van der Waals surface area contributed by atoms with Crippen molar-refractivity contribution in [2.45, 2.75) is 6.42 Å². The van der Waals surface area contributed by atoms with Crippen LogP contribution in [0.5, 0.6) is 0 Å². The second-order valence-corrected chi connectivity index (χ2v) is 4.15. The van der Waals surface area contributed by atoms with Crippen LogP contribution in [0.1, 0.15) is 16.1 Å². The predicted octanol–water partition coefficient (Wildman–Crippen LogP) is 1.09. The van der Waals surface area contributed by atoms with Gasteiger partial charge in [-0.1, -0.05) is 16.6 Å². The smallest absolute Gasteiger partial charge is 0.272 e. The Morgan fingerprint density at radius 2 is 2.12 bits per heavy atom. The van der Waals surface area contributed by atoms with Crippen molar-refractivity contribution in [1.29, 1.82) is 0 Å². The second-order valence-electron chi connectivity index (χ2n) is 3.54. The lowest BCUT2D eigenvalue weighted by Crippen LogP contribution is -2.25. The molecule has 0 unspecified atom stereocenters. The summed E-state index contributed by atoms with van der Waals surface area (Å²) >= 11 is 1.16. The highest BCUT2D eigenvalue weighted by atomic mass is 32.1. The Morgan fingerprint density at radius 3 is 2.76 bits per heavy atom. The summed E-state index contributed by atoms with van der Waals surface area (Å²) in [6, 6.07) is 7.60. The number of benzene rings is 1. The van der Waals surface area contributed by atoms with Gasteiger partial charge in [0, 0.05) is 17.6 Å². The quantitative estimate of drug-likeness (QED) is 0.794. The molecule has 2 aromatic rings. The van der Waals surface area contributed by atoms with E-state index in [1.807, 2.05) is 24.3 Å². The lowest BCUT2D eigenvalue weighted by molar-refractivity contribution is 0.0949. The summed E-state index contributed by atoms with van der Waals surface area (Å²) in [6.45, 7) is 0.570. The molecular formula is C11H12N4OS. The number of carbonyl (C=O) groups excluding carboxylic acids is 1. The maximum Gasteiger partial charge on any atom is 0.272 e. The van der Waals surface area contributed by atoms with Crippen molar-refractivity contribution in [1.82, 2.24) is 14.9 Å². The minimum absolute atomic E-state index is 0.186. The Morgan fingerprint density at radius 1 is 1.35 bits per heavy atom. The number of hydrogen-bond acceptors (Lipinski definition) is 5. The highest BCUT2D eigenvalue weighted by molar-refractivity contribution is 7.03. The van der Waals surface area contributed by atoms with E-state index in [0.717, 1.165) is 29.2 Å². The number of aromatic nitrogens is 2. The van der Waals surface area contributed by atoms with Crippen LogP contribution in [0.2, 0.25) is 0 Å². The van der Waals surface area contributed by atoms with Gasteiger partial charge in [0.1, 0.15) is 0 Å². The number of nitrogens with zero attached hydrogens (tertiary/aromatic N) is 2. The molecule has 17 heavy (non-hydrogen) atoms. The standard InChI is InChI=1S/C11H12N4OS/c12-9-3-1-8(2-4-9)5-6-13-11(16)10-7-17-15-14-10/h1-4,7H,5-6,12H2,(H,13,16). The fraction of sp³-hybridized carbons (Fsp3) is 0.182. The van der Waals surface area contributed by atoms with Gasteiger partial charge < -0.3 is 11.1 Å². The second kappa shape index (κ2) is 5.40. The van der Waals surface area contributed by atoms with Crippen LogP contribution in [0, 0.1) is 0 Å². The Labute approximate surface area is 103 Å². The molecular weight excluding hydrogens is 236 g/mol. The first-order valence-corrected chi connectivity index (χ1v) is 5.99. The van der Waals surface area contributed by atoms with Crippen molar-refractivity contribution in [3.63, 3.8) is 0 Å². The van der Waals surface area contributed by atoms with Crippen LogP contribution in [-0.4, -0.2) is 22.0 Å². The molecule has 1 heterocycles. The van der Waals surface area contributed by atoms with Crippen LogP contribution >= 0.6 is 11.5 Å². The van der Waals surface area contributed by atoms with Gasteiger partial charge in [-0.3, -0.25) is 4.79 Å². The van der Waals surface area contributed by atoms with Crippen molar-refractivity contribution in [2.75, 3.05) is 12.3 Å². The van der Waals surface area contributed by atoms with E-state index in [2.05, 4.69) is 14.9 Å². The van der Waals surface area contributed by atoms with E-state index >= 15 is 0 Å². The monoisotopic (exact) mass is 248 g/mol. The molecule has 0 radical (unpaired) electrons. The number of hydrogen-bond donors (Lipinski definition) is 2. The summed E-state index contributed by atoms with van der Waals surface area (Å²) in [7, 11) is 0. The molecule has 6 heteroatoms. The van der Waals surface area contributed by atoms with Crippen LogP contribution < -0.4 is 11.1 Å². The largest absolute Gasteiger partial charge is 0.399 e. The average molecular weight is 248 g/mol. The average Bonchev–Trinajstić information content (AvgIpc) is 2.85. The number of amides is 1. The fourth-order valence-corrected chi connectivity index (χ4v) is 1.80. The topological polar surface area (TPSA) is 80.9 Å². The number of nitrogen functional groups attached to an aromatic ring is 1. The molecule has 1 aromatic carbocycles. The molecule has 0 aliphatic carbocycles. The summed E-state index contributed by atoms with van der Waals surface area (Å²) in [4.78, 5) is 11.5. The van der Waals surface area contributed by atoms with Crippen molar-refractivity contribution in [3.05, 3.63) is 40.9 Å². The molecule has 0 saturated heterocycles. The molecule has 0 aliphatic rings. The van der Waals surface area contributed by atoms with Crippen molar-refractivity contribution in [2.24, 2.45) is 0 Å². The molecule has 5 nitrogen and oxygen atoms in total. The number of nitrogens with two attached hydrogens (primary N) is 1. The van der Waals surface area contributed by atoms with E-state index in [1.54, 1.807) is 5.38 Å². The first kappa shape index (κ1) is 11.5. The molecule has 0 bridgehead atoms. The van der Waals surface area contributed by atoms with E-state index in [0.29, 0.717) is 12.2 Å². The fourth-order valence-electron chi connectivity index (χ4n) is 1.36. The lowest BCUT2D eigenvalue weighted by atomic mass is 10.1. The van der Waals surface area contributed by atoms with Crippen LogP contribution in [0.3, 0.4) is 0 Å². The molecule has 1 amide bonds. The zero-order chi connectivity index (χ0) is 12.1. The van der Waals surface area contributed by atoms with Crippen molar-refractivity contribution < 1.29 is 4.79 Å². The molecule has 2 rings (SSSR count). The number of anilines is 1. The molecule has 0 saturated carbocycles. The van der Waals surface area contributed by atoms with E-state index in [-0.39, 0.29) is 5.91 Å². The summed E-state index contributed by atoms with van der Waals surface area (Å²) in [5, 5.41) is 8.10. The van der Waals surface area contributed by atoms with Gasteiger partial charge in [-0.2, -0.15) is 0 Å². The summed E-state index contributed by atoms with van der Waals surface area (Å²) in [5.41, 5.74) is 7.83. The first-order chi connectivity index (χ1) is 8.25. The lowest BCUT2D eigenvalue weighted by Gasteiger charge is -2.03. The Bertz CT molecular complexity index is 481. The highest BCUT2D eigenvalue weighted by Crippen LogP contribution is 2.05. The van der Waals surface area contributed by atoms with E-state index in [4.69, 9.17) is 5.73 Å². The predicted molar refractivity (Wildman–Crippen MR) is 66.8 cm³/mol. The maximum absolute atomic E-state index is 11.5. The van der Waals surface area contributed by atoms with Gasteiger partial charge in [0.05, 0.1) is 0 Å². The van der Waals surface area contributed by atoms with E-state index in [1.165, 1.54) is 0 Å². The third-order valence-electron chi connectivity index (χ3n) is 2.27. The Balaban J connectivity index is 1.80. The Kier molecular flexibility index (Phi) is 3.66. The van der Waals surface area contributed by atoms with Gasteiger partial charge >= 0.3 is 0 Å². The zero-order valence-corrected chi connectivity index (χ0v) is 9.91. The van der Waals surface area contributed by atoms with E-state index < -0.39 is 0 Å². The van der Waals surface area contributed by atoms with E-state index in [9.17, 15) is 4.79 Å². The van der Waals surface area contributed by atoms with Crippen LogP contribution in [0.25, 0.3) is 0 Å². The summed E-state index contributed by atoms with van der Waals surface area (Å²) in [5.74, 6) is -0.186. The van der Waals surface area contributed by atoms with Gasteiger partial charge in [-0.25, -0.2) is 0 Å². The number of nitrogens with one attached hydrogen (secondary N) is 1. The number of carbonyl (C=O) groups is 1. The molecule has 0 spiro atoms. The minimum Gasteiger partial charge on any atom is -0.399 e. The summed E-state index contributed by atoms with van der Waals surface area (Å²) in [6.07, 6.45) is 0.767.